The Morgan fingerprint density at radius 3 is 2.84 bits per heavy atom. The van der Waals surface area contributed by atoms with Crippen molar-refractivity contribution in [2.45, 2.75) is 46.0 Å². The van der Waals surface area contributed by atoms with Gasteiger partial charge in [0.2, 0.25) is 0 Å². The zero-order valence-electron chi connectivity index (χ0n) is 15.0. The van der Waals surface area contributed by atoms with E-state index in [2.05, 4.69) is 22.3 Å². The van der Waals surface area contributed by atoms with Crippen molar-refractivity contribution < 1.29 is 4.84 Å². The lowest BCUT2D eigenvalue weighted by Gasteiger charge is -2.22. The molecule has 136 valence electrons. The van der Waals surface area contributed by atoms with Crippen molar-refractivity contribution in [1.82, 2.24) is 0 Å². The van der Waals surface area contributed by atoms with Crippen molar-refractivity contribution >= 4 is 40.8 Å². The Balaban J connectivity index is 2.09. The van der Waals surface area contributed by atoms with E-state index in [4.69, 9.17) is 28.0 Å². The summed E-state index contributed by atoms with van der Waals surface area (Å²) < 4.78 is 0. The van der Waals surface area contributed by atoms with Crippen LogP contribution in [0.3, 0.4) is 0 Å². The van der Waals surface area contributed by atoms with E-state index in [1.807, 2.05) is 25.3 Å². The summed E-state index contributed by atoms with van der Waals surface area (Å²) in [6.45, 7) is 4.32. The summed E-state index contributed by atoms with van der Waals surface area (Å²) >= 11 is 12.2. The fourth-order valence-corrected chi connectivity index (χ4v) is 3.35. The van der Waals surface area contributed by atoms with Gasteiger partial charge in [-0.2, -0.15) is 10.2 Å². The van der Waals surface area contributed by atoms with E-state index in [1.54, 1.807) is 13.2 Å². The molecule has 1 aromatic carbocycles. The second kappa shape index (κ2) is 9.93. The van der Waals surface area contributed by atoms with Gasteiger partial charge in [0.15, 0.2) is 0 Å². The highest BCUT2D eigenvalue weighted by atomic mass is 35.5. The van der Waals surface area contributed by atoms with E-state index in [0.717, 1.165) is 49.1 Å². The van der Waals surface area contributed by atoms with Gasteiger partial charge in [-0.3, -0.25) is 0 Å². The predicted octanol–water partition coefficient (Wildman–Crippen LogP) is 6.01. The molecule has 0 radical (unpaired) electrons. The first-order valence-electron chi connectivity index (χ1n) is 8.61. The summed E-state index contributed by atoms with van der Waals surface area (Å²) in [5.74, 6) is 1.14. The third kappa shape index (κ3) is 6.12. The molecule has 0 bridgehead atoms. The topological polar surface area (TPSA) is 46.3 Å². The average molecular weight is 382 g/mol. The van der Waals surface area contributed by atoms with Crippen LogP contribution in [0.1, 0.15) is 51.5 Å². The lowest BCUT2D eigenvalue weighted by atomic mass is 9.83. The number of hydrogen-bond donors (Lipinski definition) is 0. The molecule has 2 rings (SSSR count). The second-order valence-corrected chi connectivity index (χ2v) is 7.35. The van der Waals surface area contributed by atoms with Gasteiger partial charge in [-0.05, 0) is 63.0 Å². The highest BCUT2D eigenvalue weighted by Gasteiger charge is 2.19. The summed E-state index contributed by atoms with van der Waals surface area (Å²) in [6, 6.07) is 5.57. The molecule has 0 aromatic heterocycles. The van der Waals surface area contributed by atoms with Crippen molar-refractivity contribution in [2.75, 3.05) is 7.11 Å². The summed E-state index contributed by atoms with van der Waals surface area (Å²) in [5.41, 5.74) is 2.93. The van der Waals surface area contributed by atoms with Gasteiger partial charge < -0.3 is 4.84 Å². The smallest absolute Gasteiger partial charge is 0.106 e. The SMILES string of the molecule is CON=C(CCC1CCC(C)=N/N=C\CC1C)c1ccc(Cl)c(Cl)c1. The molecule has 1 heterocycles. The first-order chi connectivity index (χ1) is 12.0. The molecule has 6 heteroatoms. The average Bonchev–Trinajstić information content (AvgIpc) is 2.66. The highest BCUT2D eigenvalue weighted by Crippen LogP contribution is 2.28. The minimum absolute atomic E-state index is 0.529. The van der Waals surface area contributed by atoms with Crippen molar-refractivity contribution in [2.24, 2.45) is 27.2 Å². The second-order valence-electron chi connectivity index (χ2n) is 6.53. The summed E-state index contributed by atoms with van der Waals surface area (Å²) in [4.78, 5) is 5.05. The van der Waals surface area contributed by atoms with E-state index in [9.17, 15) is 0 Å². The fraction of sp³-hybridized carbons (Fsp3) is 0.526. The fourth-order valence-electron chi connectivity index (χ4n) is 3.05. The number of benzene rings is 1. The van der Waals surface area contributed by atoms with Crippen LogP contribution >= 0.6 is 23.2 Å². The maximum Gasteiger partial charge on any atom is 0.106 e. The van der Waals surface area contributed by atoms with Crippen molar-refractivity contribution in [3.8, 4) is 0 Å². The van der Waals surface area contributed by atoms with Crippen molar-refractivity contribution in [3.63, 3.8) is 0 Å². The van der Waals surface area contributed by atoms with Gasteiger partial charge in [-0.25, -0.2) is 0 Å². The van der Waals surface area contributed by atoms with Crippen molar-refractivity contribution in [3.05, 3.63) is 33.8 Å². The minimum atomic E-state index is 0.529. The number of rotatable bonds is 5. The summed E-state index contributed by atoms with van der Waals surface area (Å²) in [6.07, 6.45) is 6.83. The van der Waals surface area contributed by atoms with Crippen LogP contribution in [0.15, 0.2) is 33.6 Å². The van der Waals surface area contributed by atoms with E-state index in [-0.39, 0.29) is 0 Å². The molecule has 0 spiro atoms. The molecule has 0 N–H and O–H groups in total. The zero-order valence-corrected chi connectivity index (χ0v) is 16.5. The number of halogens is 2. The van der Waals surface area contributed by atoms with Crippen LogP contribution in [0.2, 0.25) is 10.0 Å². The molecule has 1 aliphatic heterocycles. The Morgan fingerprint density at radius 2 is 2.12 bits per heavy atom. The van der Waals surface area contributed by atoms with E-state index in [0.29, 0.717) is 21.9 Å². The molecule has 4 nitrogen and oxygen atoms in total. The Labute approximate surface area is 160 Å². The van der Waals surface area contributed by atoms with Gasteiger partial charge in [-0.15, -0.1) is 0 Å². The van der Waals surface area contributed by atoms with Crippen LogP contribution in [0.4, 0.5) is 0 Å². The van der Waals surface area contributed by atoms with Crippen molar-refractivity contribution in [1.29, 1.82) is 0 Å². The number of nitrogens with zero attached hydrogens (tertiary/aromatic N) is 3. The molecule has 0 saturated heterocycles. The Morgan fingerprint density at radius 1 is 1.32 bits per heavy atom. The van der Waals surface area contributed by atoms with Crippen LogP contribution < -0.4 is 0 Å². The first kappa shape index (κ1) is 19.9. The largest absolute Gasteiger partial charge is 0.399 e. The summed E-state index contributed by atoms with van der Waals surface area (Å²) in [5, 5.41) is 13.6. The minimum Gasteiger partial charge on any atom is -0.399 e. The molecule has 2 atom stereocenters. The van der Waals surface area contributed by atoms with Crippen LogP contribution in [-0.4, -0.2) is 24.7 Å². The molecule has 0 saturated carbocycles. The van der Waals surface area contributed by atoms with Crippen LogP contribution in [0.5, 0.6) is 0 Å². The normalized spacial score (nSPS) is 23.2. The van der Waals surface area contributed by atoms with E-state index < -0.39 is 0 Å². The quantitative estimate of drug-likeness (QED) is 0.455. The third-order valence-electron chi connectivity index (χ3n) is 4.68. The maximum absolute atomic E-state index is 6.15. The standard InChI is InChI=1S/C19H25Cl2N3O/c1-13-10-11-22-23-14(2)4-5-15(13)7-9-19(24-25-3)16-6-8-17(20)18(21)12-16/h6,8,11-13,15H,4-5,7,9-10H2,1-3H3/b22-11-,23-14?,24-19?. The number of hydrogen-bond acceptors (Lipinski definition) is 4. The molecule has 1 aromatic rings. The van der Waals surface area contributed by atoms with Crippen LogP contribution in [0.25, 0.3) is 0 Å². The molecular formula is C19H25Cl2N3O. The predicted molar refractivity (Wildman–Crippen MR) is 107 cm³/mol. The lowest BCUT2D eigenvalue weighted by Crippen LogP contribution is -2.15. The molecule has 0 fully saturated rings. The Bertz CT molecular complexity index is 671. The van der Waals surface area contributed by atoms with Crippen LogP contribution in [-0.2, 0) is 4.84 Å². The van der Waals surface area contributed by atoms with Gasteiger partial charge >= 0.3 is 0 Å². The molecule has 0 amide bonds. The molecule has 0 aliphatic carbocycles. The monoisotopic (exact) mass is 381 g/mol. The van der Waals surface area contributed by atoms with Gasteiger partial charge in [0.05, 0.1) is 15.8 Å². The number of oxime groups is 1. The lowest BCUT2D eigenvalue weighted by molar-refractivity contribution is 0.212. The molecule has 1 aliphatic rings. The van der Waals surface area contributed by atoms with Gasteiger partial charge in [0.1, 0.15) is 7.11 Å². The molecular weight excluding hydrogens is 357 g/mol. The highest BCUT2D eigenvalue weighted by molar-refractivity contribution is 6.42. The van der Waals surface area contributed by atoms with E-state index >= 15 is 0 Å². The van der Waals surface area contributed by atoms with Crippen LogP contribution in [0, 0.1) is 11.8 Å². The van der Waals surface area contributed by atoms with Gasteiger partial charge in [-0.1, -0.05) is 41.3 Å². The summed E-state index contributed by atoms with van der Waals surface area (Å²) in [7, 11) is 1.57. The zero-order chi connectivity index (χ0) is 18.2. The Kier molecular flexibility index (Phi) is 7.91. The first-order valence-corrected chi connectivity index (χ1v) is 9.37. The Hall–Kier alpha value is -1.39. The van der Waals surface area contributed by atoms with Gasteiger partial charge in [0, 0.05) is 17.5 Å². The maximum atomic E-state index is 6.15. The molecule has 25 heavy (non-hydrogen) atoms. The third-order valence-corrected chi connectivity index (χ3v) is 5.41. The van der Waals surface area contributed by atoms with Gasteiger partial charge in [0.25, 0.3) is 0 Å². The van der Waals surface area contributed by atoms with E-state index in [1.165, 1.54) is 0 Å². The molecule has 2 unspecified atom stereocenters.